The first-order valence-corrected chi connectivity index (χ1v) is 5.88. The lowest BCUT2D eigenvalue weighted by Gasteiger charge is -2.38. The molecule has 2 heterocycles. The summed E-state index contributed by atoms with van der Waals surface area (Å²) >= 11 is 0. The Kier molecular flexibility index (Phi) is 3.61. The van der Waals surface area contributed by atoms with E-state index in [4.69, 9.17) is 10.9 Å². The second-order valence-corrected chi connectivity index (χ2v) is 4.53. The number of hydrogen-bond donors (Lipinski definition) is 2. The molecule has 0 saturated carbocycles. The van der Waals surface area contributed by atoms with Gasteiger partial charge in [0.25, 0.3) is 0 Å². The van der Waals surface area contributed by atoms with Crippen LogP contribution in [0.1, 0.15) is 12.6 Å². The Morgan fingerprint density at radius 3 is 3.00 bits per heavy atom. The first-order valence-electron chi connectivity index (χ1n) is 5.88. The number of rotatable bonds is 2. The Balaban J connectivity index is 2.23. The lowest BCUT2D eigenvalue weighted by Crippen LogP contribution is -2.51. The Labute approximate surface area is 106 Å². The molecule has 7 heteroatoms. The number of amidine groups is 1. The molecule has 1 aromatic rings. The third-order valence-corrected chi connectivity index (χ3v) is 3.10. The van der Waals surface area contributed by atoms with Gasteiger partial charge in [-0.25, -0.2) is 9.97 Å². The van der Waals surface area contributed by atoms with Gasteiger partial charge in [-0.15, -0.1) is 0 Å². The van der Waals surface area contributed by atoms with Crippen molar-refractivity contribution in [2.75, 3.05) is 31.6 Å². The SMILES string of the molecule is CC1CN(C)CCN1c1nccc(/C(N)=N/O)n1. The Morgan fingerprint density at radius 1 is 1.56 bits per heavy atom. The van der Waals surface area contributed by atoms with Gasteiger partial charge in [-0.2, -0.15) is 0 Å². The first-order chi connectivity index (χ1) is 8.61. The van der Waals surface area contributed by atoms with Gasteiger partial charge in [-0.3, -0.25) is 0 Å². The molecule has 0 aromatic carbocycles. The number of likely N-dealkylation sites (N-methyl/N-ethyl adjacent to an activating group) is 1. The van der Waals surface area contributed by atoms with Crippen LogP contribution in [0.5, 0.6) is 0 Å². The van der Waals surface area contributed by atoms with Gasteiger partial charge in [0.2, 0.25) is 5.95 Å². The minimum atomic E-state index is 0.000399. The average molecular weight is 250 g/mol. The summed E-state index contributed by atoms with van der Waals surface area (Å²) in [4.78, 5) is 13.0. The number of hydrogen-bond acceptors (Lipinski definition) is 6. The third-order valence-electron chi connectivity index (χ3n) is 3.10. The zero-order valence-corrected chi connectivity index (χ0v) is 10.6. The summed E-state index contributed by atoms with van der Waals surface area (Å²) in [5, 5.41) is 11.6. The van der Waals surface area contributed by atoms with Crippen molar-refractivity contribution in [3.63, 3.8) is 0 Å². The fraction of sp³-hybridized carbons (Fsp3) is 0.545. The Bertz CT molecular complexity index is 449. The van der Waals surface area contributed by atoms with E-state index in [9.17, 15) is 0 Å². The summed E-state index contributed by atoms with van der Waals surface area (Å²) in [6.45, 7) is 4.95. The van der Waals surface area contributed by atoms with Gasteiger partial charge in [0.1, 0.15) is 5.69 Å². The number of piperazine rings is 1. The molecule has 1 aromatic heterocycles. The maximum atomic E-state index is 8.66. The van der Waals surface area contributed by atoms with E-state index in [-0.39, 0.29) is 5.84 Å². The largest absolute Gasteiger partial charge is 0.409 e. The molecule has 18 heavy (non-hydrogen) atoms. The summed E-state index contributed by atoms with van der Waals surface area (Å²) in [5.74, 6) is 0.625. The first kappa shape index (κ1) is 12.6. The monoisotopic (exact) mass is 250 g/mol. The molecular formula is C11H18N6O. The molecule has 1 fully saturated rings. The van der Waals surface area contributed by atoms with Crippen LogP contribution < -0.4 is 10.6 Å². The van der Waals surface area contributed by atoms with E-state index in [1.54, 1.807) is 12.3 Å². The summed E-state index contributed by atoms with van der Waals surface area (Å²) in [5.41, 5.74) is 5.97. The topological polar surface area (TPSA) is 90.9 Å². The van der Waals surface area contributed by atoms with Gasteiger partial charge in [0.05, 0.1) is 0 Å². The summed E-state index contributed by atoms with van der Waals surface area (Å²) in [6, 6.07) is 1.96. The molecule has 7 nitrogen and oxygen atoms in total. The molecule has 1 aliphatic rings. The van der Waals surface area contributed by atoms with E-state index in [1.165, 1.54) is 0 Å². The van der Waals surface area contributed by atoms with Crippen molar-refractivity contribution in [2.45, 2.75) is 13.0 Å². The molecule has 1 atom stereocenters. The highest BCUT2D eigenvalue weighted by atomic mass is 16.4. The molecule has 0 amide bonds. The molecule has 0 radical (unpaired) electrons. The molecule has 3 N–H and O–H groups in total. The normalized spacial score (nSPS) is 22.2. The molecule has 1 saturated heterocycles. The molecule has 0 spiro atoms. The maximum absolute atomic E-state index is 8.66. The van der Waals surface area contributed by atoms with Crippen LogP contribution in [0.4, 0.5) is 5.95 Å². The number of aromatic nitrogens is 2. The highest BCUT2D eigenvalue weighted by molar-refractivity contribution is 5.95. The predicted molar refractivity (Wildman–Crippen MR) is 68.8 cm³/mol. The second kappa shape index (κ2) is 5.18. The Morgan fingerprint density at radius 2 is 2.33 bits per heavy atom. The molecule has 1 unspecified atom stereocenters. The summed E-state index contributed by atoms with van der Waals surface area (Å²) in [7, 11) is 2.10. The van der Waals surface area contributed by atoms with Crippen molar-refractivity contribution < 1.29 is 5.21 Å². The van der Waals surface area contributed by atoms with Crippen LogP contribution in [0.3, 0.4) is 0 Å². The van der Waals surface area contributed by atoms with E-state index >= 15 is 0 Å². The van der Waals surface area contributed by atoms with Gasteiger partial charge >= 0.3 is 0 Å². The fourth-order valence-electron chi connectivity index (χ4n) is 2.12. The van der Waals surface area contributed by atoms with Crippen LogP contribution in [0, 0.1) is 0 Å². The second-order valence-electron chi connectivity index (χ2n) is 4.53. The molecule has 2 rings (SSSR count). The summed E-state index contributed by atoms with van der Waals surface area (Å²) in [6.07, 6.45) is 1.63. The smallest absolute Gasteiger partial charge is 0.226 e. The quantitative estimate of drug-likeness (QED) is 0.324. The van der Waals surface area contributed by atoms with E-state index in [0.717, 1.165) is 19.6 Å². The van der Waals surface area contributed by atoms with Gasteiger partial charge in [-0.05, 0) is 20.0 Å². The molecule has 0 aliphatic carbocycles. The molecular weight excluding hydrogens is 232 g/mol. The van der Waals surface area contributed by atoms with Gasteiger partial charge in [-0.1, -0.05) is 5.16 Å². The zero-order valence-electron chi connectivity index (χ0n) is 10.6. The van der Waals surface area contributed by atoms with Crippen LogP contribution >= 0.6 is 0 Å². The lowest BCUT2D eigenvalue weighted by molar-refractivity contribution is 0.273. The minimum absolute atomic E-state index is 0.000399. The van der Waals surface area contributed by atoms with Crippen molar-refractivity contribution >= 4 is 11.8 Å². The standard InChI is InChI=1S/C11H18N6O/c1-8-7-16(2)5-6-17(8)11-13-4-3-9(14-11)10(12)15-18/h3-4,8,18H,5-7H2,1-2H3,(H2,12,15). The van der Waals surface area contributed by atoms with Crippen LogP contribution in [-0.4, -0.2) is 58.6 Å². The van der Waals surface area contributed by atoms with Gasteiger partial charge in [0.15, 0.2) is 5.84 Å². The van der Waals surface area contributed by atoms with E-state index in [2.05, 4.69) is 38.9 Å². The van der Waals surface area contributed by atoms with Crippen molar-refractivity contribution in [3.05, 3.63) is 18.0 Å². The molecule has 0 bridgehead atoms. The number of nitrogens with zero attached hydrogens (tertiary/aromatic N) is 5. The highest BCUT2D eigenvalue weighted by Gasteiger charge is 2.23. The highest BCUT2D eigenvalue weighted by Crippen LogP contribution is 2.15. The van der Waals surface area contributed by atoms with E-state index in [1.807, 2.05) is 0 Å². The zero-order chi connectivity index (χ0) is 13.1. The van der Waals surface area contributed by atoms with Crippen LogP contribution in [0.2, 0.25) is 0 Å². The molecule has 98 valence electrons. The predicted octanol–water partition coefficient (Wildman–Crippen LogP) is -0.289. The minimum Gasteiger partial charge on any atom is -0.409 e. The Hall–Kier alpha value is -1.89. The number of nitrogens with two attached hydrogens (primary N) is 1. The van der Waals surface area contributed by atoms with Crippen LogP contribution in [0.15, 0.2) is 17.4 Å². The number of oxime groups is 1. The van der Waals surface area contributed by atoms with Crippen molar-refractivity contribution in [2.24, 2.45) is 10.9 Å². The summed E-state index contributed by atoms with van der Waals surface area (Å²) < 4.78 is 0. The van der Waals surface area contributed by atoms with E-state index in [0.29, 0.717) is 17.7 Å². The van der Waals surface area contributed by atoms with Crippen LogP contribution in [-0.2, 0) is 0 Å². The fourth-order valence-corrected chi connectivity index (χ4v) is 2.12. The van der Waals surface area contributed by atoms with Crippen LogP contribution in [0.25, 0.3) is 0 Å². The average Bonchev–Trinajstić information content (AvgIpc) is 2.38. The van der Waals surface area contributed by atoms with Crippen molar-refractivity contribution in [1.82, 2.24) is 14.9 Å². The third kappa shape index (κ3) is 2.51. The molecule has 1 aliphatic heterocycles. The van der Waals surface area contributed by atoms with E-state index < -0.39 is 0 Å². The van der Waals surface area contributed by atoms with Crippen molar-refractivity contribution in [1.29, 1.82) is 0 Å². The maximum Gasteiger partial charge on any atom is 0.226 e. The van der Waals surface area contributed by atoms with Gasteiger partial charge in [0, 0.05) is 31.9 Å². The van der Waals surface area contributed by atoms with Gasteiger partial charge < -0.3 is 20.7 Å². The van der Waals surface area contributed by atoms with Crippen molar-refractivity contribution in [3.8, 4) is 0 Å². The number of anilines is 1. The lowest BCUT2D eigenvalue weighted by atomic mass is 10.2.